The van der Waals surface area contributed by atoms with Crippen molar-refractivity contribution in [2.45, 2.75) is 96.2 Å². The van der Waals surface area contributed by atoms with Gasteiger partial charge in [-0.1, -0.05) is 54.6 Å². The molecule has 20 heteroatoms. The Kier molecular flexibility index (Phi) is 16.6. The molecule has 8 aromatic rings. The molecule has 0 amide bonds. The van der Waals surface area contributed by atoms with Crippen LogP contribution in [0.25, 0.3) is 22.2 Å². The summed E-state index contributed by atoms with van der Waals surface area (Å²) in [6, 6.07) is 33.4. The number of methoxy groups -OCH3 is 4. The first-order valence-electron chi connectivity index (χ1n) is 28.2. The fraction of sp³-hybridized carbons (Fsp3) is 0.354. The van der Waals surface area contributed by atoms with E-state index in [2.05, 4.69) is 19.8 Å². The standard InChI is InChI=1S/C65H66F6N8O6/c1-39-32-79(41(3)51-10-8-28-72-60(51)77(35-44-15-23-49(82-6)24-16-44)36-45-17-25-50(83-7)26-18-45)61-54-59(74-63(75-61)84-38-64-27-9-29-78(64)37-46(66)31-64)57(68)58(73-62(54)85-39)52-30-53(56(67)40(2)55(52)65(69,70)71)76(33-42-11-19-47(80-4)20-12-42)34-43-13-21-48(81-5)22-14-43/h8,10-26,28,30,39,41,46H,9,27,29,31-38H2,1-7H3/t39?,41?,46-,64+/m1/s1. The van der Waals surface area contributed by atoms with Crippen molar-refractivity contribution >= 4 is 28.2 Å². The van der Waals surface area contributed by atoms with E-state index in [4.69, 9.17) is 38.4 Å². The van der Waals surface area contributed by atoms with Gasteiger partial charge in [0, 0.05) is 56.5 Å². The summed E-state index contributed by atoms with van der Waals surface area (Å²) in [6.07, 6.45) is -3.68. The topological polar surface area (TPSA) is 120 Å². The van der Waals surface area contributed by atoms with Gasteiger partial charge < -0.3 is 43.1 Å². The van der Waals surface area contributed by atoms with Crippen molar-refractivity contribution in [1.29, 1.82) is 0 Å². The van der Waals surface area contributed by atoms with Crippen LogP contribution in [0.15, 0.2) is 121 Å². The van der Waals surface area contributed by atoms with E-state index in [1.807, 2.05) is 72.5 Å². The van der Waals surface area contributed by atoms with Gasteiger partial charge in [0.1, 0.15) is 75.9 Å². The Morgan fingerprint density at radius 3 is 1.79 bits per heavy atom. The number of nitrogens with zero attached hydrogens (tertiary/aromatic N) is 8. The van der Waals surface area contributed by atoms with Crippen molar-refractivity contribution in [3.63, 3.8) is 0 Å². The van der Waals surface area contributed by atoms with Crippen LogP contribution in [0.5, 0.6) is 34.9 Å². The lowest BCUT2D eigenvalue weighted by atomic mass is 9.95. The highest BCUT2D eigenvalue weighted by atomic mass is 19.4. The monoisotopic (exact) mass is 1170 g/mol. The maximum Gasteiger partial charge on any atom is 0.417 e. The maximum atomic E-state index is 18.5. The highest BCUT2D eigenvalue weighted by molar-refractivity contribution is 5.97. The first-order valence-corrected chi connectivity index (χ1v) is 28.2. The largest absolute Gasteiger partial charge is 0.497 e. The summed E-state index contributed by atoms with van der Waals surface area (Å²) in [6.45, 7) is 6.61. The number of alkyl halides is 4. The second kappa shape index (κ2) is 24.2. The number of halogens is 6. The molecule has 2 unspecified atom stereocenters. The minimum atomic E-state index is -5.21. The Morgan fingerprint density at radius 2 is 1.26 bits per heavy atom. The number of anilines is 3. The van der Waals surface area contributed by atoms with E-state index in [0.717, 1.165) is 36.1 Å². The van der Waals surface area contributed by atoms with E-state index in [-0.39, 0.29) is 68.0 Å². The second-order valence-electron chi connectivity index (χ2n) is 22.0. The lowest BCUT2D eigenvalue weighted by molar-refractivity contribution is -0.137. The van der Waals surface area contributed by atoms with Gasteiger partial charge in [-0.25, -0.2) is 23.1 Å². The number of benzene rings is 5. The minimum Gasteiger partial charge on any atom is -0.497 e. The van der Waals surface area contributed by atoms with Gasteiger partial charge in [0.2, 0.25) is 5.88 Å². The lowest BCUT2D eigenvalue weighted by Crippen LogP contribution is -2.43. The predicted molar refractivity (Wildman–Crippen MR) is 313 cm³/mol. The number of fused-ring (bicyclic) bond motifs is 1. The molecule has 2 fully saturated rings. The Bertz CT molecular complexity index is 3580. The smallest absolute Gasteiger partial charge is 0.417 e. The average Bonchev–Trinajstić information content (AvgIpc) is 1.92. The maximum absolute atomic E-state index is 18.5. The quantitative estimate of drug-likeness (QED) is 0.0673. The molecule has 3 aliphatic heterocycles. The van der Waals surface area contributed by atoms with E-state index in [1.165, 1.54) is 14.2 Å². The normalized spacial score (nSPS) is 17.9. The zero-order valence-electron chi connectivity index (χ0n) is 48.4. The van der Waals surface area contributed by atoms with Gasteiger partial charge in [0.15, 0.2) is 5.82 Å². The first kappa shape index (κ1) is 58.3. The number of ether oxygens (including phenoxy) is 6. The van der Waals surface area contributed by atoms with Crippen molar-refractivity contribution in [3.05, 3.63) is 172 Å². The molecule has 6 heterocycles. The number of hydrogen-bond acceptors (Lipinski definition) is 14. The molecule has 2 saturated heterocycles. The van der Waals surface area contributed by atoms with Crippen molar-refractivity contribution < 1.29 is 54.8 Å². The highest BCUT2D eigenvalue weighted by Crippen LogP contribution is 2.49. The second-order valence-corrected chi connectivity index (χ2v) is 22.0. The number of pyridine rings is 2. The predicted octanol–water partition coefficient (Wildman–Crippen LogP) is 13.4. The molecule has 0 N–H and O–H groups in total. The van der Waals surface area contributed by atoms with Crippen LogP contribution in [0.4, 0.5) is 43.7 Å². The first-order chi connectivity index (χ1) is 41.0. The van der Waals surface area contributed by atoms with Crippen LogP contribution in [0.1, 0.15) is 78.1 Å². The summed E-state index contributed by atoms with van der Waals surface area (Å²) in [5.41, 5.74) is -1.03. The van der Waals surface area contributed by atoms with Crippen LogP contribution in [0.2, 0.25) is 0 Å². The van der Waals surface area contributed by atoms with Crippen molar-refractivity contribution in [3.8, 4) is 46.1 Å². The fourth-order valence-corrected chi connectivity index (χ4v) is 12.2. The van der Waals surface area contributed by atoms with E-state index in [1.54, 1.807) is 80.8 Å². The van der Waals surface area contributed by atoms with Crippen molar-refractivity contribution in [2.75, 3.05) is 69.4 Å². The molecule has 0 aliphatic carbocycles. The third-order valence-corrected chi connectivity index (χ3v) is 16.5. The lowest BCUT2D eigenvalue weighted by Gasteiger charge is -2.34. The summed E-state index contributed by atoms with van der Waals surface area (Å²) in [7, 11) is 6.27. The van der Waals surface area contributed by atoms with Crippen LogP contribution >= 0.6 is 0 Å². The molecule has 0 spiro atoms. The third-order valence-electron chi connectivity index (χ3n) is 16.5. The highest BCUT2D eigenvalue weighted by Gasteiger charge is 2.50. The van der Waals surface area contributed by atoms with Gasteiger partial charge in [0.25, 0.3) is 0 Å². The molecular weight excluding hydrogens is 1100 g/mol. The number of hydrogen-bond donors (Lipinski definition) is 0. The molecule has 4 atom stereocenters. The van der Waals surface area contributed by atoms with Gasteiger partial charge in [-0.2, -0.15) is 23.1 Å². The summed E-state index contributed by atoms with van der Waals surface area (Å²) in [4.78, 5) is 27.1. The van der Waals surface area contributed by atoms with Gasteiger partial charge >= 0.3 is 12.2 Å². The molecule has 14 nitrogen and oxygen atoms in total. The Morgan fingerprint density at radius 1 is 0.718 bits per heavy atom. The summed E-state index contributed by atoms with van der Waals surface area (Å²) < 4.78 is 133. The minimum absolute atomic E-state index is 0.0173. The molecule has 85 heavy (non-hydrogen) atoms. The molecule has 5 aromatic carbocycles. The molecule has 0 saturated carbocycles. The molecule has 3 aliphatic rings. The van der Waals surface area contributed by atoms with Gasteiger partial charge in [-0.15, -0.1) is 0 Å². The van der Waals surface area contributed by atoms with E-state index >= 15 is 26.3 Å². The summed E-state index contributed by atoms with van der Waals surface area (Å²) in [5, 5.41) is -0.0258. The Labute approximate surface area is 489 Å². The summed E-state index contributed by atoms with van der Waals surface area (Å²) in [5.74, 6) is 0.638. The number of rotatable bonds is 20. The molecule has 11 rings (SSSR count). The van der Waals surface area contributed by atoms with E-state index < -0.39 is 69.6 Å². The molecule has 444 valence electrons. The van der Waals surface area contributed by atoms with Gasteiger partial charge in [0.05, 0.1) is 57.8 Å². The van der Waals surface area contributed by atoms with Gasteiger partial charge in [-0.3, -0.25) is 4.90 Å². The molecule has 3 aromatic heterocycles. The molecular formula is C65H66F6N8O6. The van der Waals surface area contributed by atoms with Crippen LogP contribution in [-0.4, -0.2) is 97.3 Å². The van der Waals surface area contributed by atoms with Crippen LogP contribution < -0.4 is 43.1 Å². The Hall–Kier alpha value is -8.52. The SMILES string of the molecule is COc1ccc(CN(Cc2ccc(OC)cc2)c2cc(-c3nc4c5c(nc(OC[C@@]67CCCN6C[C@H](F)C7)nc5c3F)N(C(C)c3cccnc3N(Cc3ccc(OC)cc3)Cc3ccc(OC)cc3)CC(C)O4)c(C(F)(F)F)c(C)c2F)cc1. The van der Waals surface area contributed by atoms with Crippen molar-refractivity contribution in [1.82, 2.24) is 24.8 Å². The van der Waals surface area contributed by atoms with Gasteiger partial charge in [-0.05, 0) is 129 Å². The number of aromatic nitrogens is 4. The Balaban J connectivity index is 1.08. The van der Waals surface area contributed by atoms with E-state index in [0.29, 0.717) is 66.0 Å². The van der Waals surface area contributed by atoms with E-state index in [9.17, 15) is 0 Å². The molecule has 0 bridgehead atoms. The van der Waals surface area contributed by atoms with Crippen LogP contribution in [-0.2, 0) is 32.4 Å². The summed E-state index contributed by atoms with van der Waals surface area (Å²) >= 11 is 0. The third kappa shape index (κ3) is 12.0. The van der Waals surface area contributed by atoms with Crippen molar-refractivity contribution in [2.24, 2.45) is 0 Å². The fourth-order valence-electron chi connectivity index (χ4n) is 12.2. The molecule has 0 radical (unpaired) electrons. The average molecular weight is 1170 g/mol. The van der Waals surface area contributed by atoms with Crippen LogP contribution in [0.3, 0.4) is 0 Å². The zero-order chi connectivity index (χ0) is 59.7. The zero-order valence-corrected chi connectivity index (χ0v) is 48.4. The van der Waals surface area contributed by atoms with Crippen LogP contribution in [0, 0.1) is 18.6 Å².